The fourth-order valence-corrected chi connectivity index (χ4v) is 5.05. The summed E-state index contributed by atoms with van der Waals surface area (Å²) in [6.07, 6.45) is 2.71. The molecule has 2 atom stereocenters. The highest BCUT2D eigenvalue weighted by Crippen LogP contribution is 2.24. The summed E-state index contributed by atoms with van der Waals surface area (Å²) in [4.78, 5) is 28.3. The Labute approximate surface area is 227 Å². The fourth-order valence-electron chi connectivity index (χ4n) is 4.10. The third-order valence-corrected chi connectivity index (χ3v) is 7.56. The first-order valence-electron chi connectivity index (χ1n) is 12.9. The maximum Gasteiger partial charge on any atom is 0.243 e. The van der Waals surface area contributed by atoms with Gasteiger partial charge in [0.15, 0.2) is 0 Å². The maximum absolute atomic E-state index is 13.6. The lowest BCUT2D eigenvalue weighted by Gasteiger charge is -2.32. The summed E-state index contributed by atoms with van der Waals surface area (Å²) in [6, 6.07) is 13.5. The second-order valence-electron chi connectivity index (χ2n) is 9.26. The minimum atomic E-state index is -3.59. The monoisotopic (exact) mass is 547 g/mol. The third-order valence-electron chi connectivity index (χ3n) is 6.37. The van der Waals surface area contributed by atoms with E-state index >= 15 is 0 Å². The Hall–Kier alpha value is -3.27. The van der Waals surface area contributed by atoms with Gasteiger partial charge in [0.2, 0.25) is 21.8 Å². The van der Waals surface area contributed by atoms with Gasteiger partial charge < -0.3 is 19.7 Å². The fraction of sp³-hybridized carbons (Fsp3) is 0.500. The Kier molecular flexibility index (Phi) is 11.9. The molecule has 2 amide bonds. The van der Waals surface area contributed by atoms with Gasteiger partial charge in [-0.3, -0.25) is 13.9 Å². The number of sulfonamides is 1. The number of nitrogens with zero attached hydrogens (tertiary/aromatic N) is 2. The van der Waals surface area contributed by atoms with Gasteiger partial charge in [-0.2, -0.15) is 0 Å². The zero-order valence-corrected chi connectivity index (χ0v) is 24.1. The Morgan fingerprint density at radius 2 is 1.61 bits per heavy atom. The highest BCUT2D eigenvalue weighted by atomic mass is 32.2. The number of hydrogen-bond acceptors (Lipinski definition) is 6. The second kappa shape index (κ2) is 14.6. The summed E-state index contributed by atoms with van der Waals surface area (Å²) < 4.78 is 36.9. The molecule has 0 bridgehead atoms. The summed E-state index contributed by atoms with van der Waals surface area (Å²) in [5, 5.41) is 2.99. The van der Waals surface area contributed by atoms with Crippen LogP contribution in [0.25, 0.3) is 0 Å². The van der Waals surface area contributed by atoms with Crippen molar-refractivity contribution in [3.63, 3.8) is 0 Å². The van der Waals surface area contributed by atoms with Crippen molar-refractivity contribution in [1.29, 1.82) is 0 Å². The normalized spacial score (nSPS) is 12.8. The van der Waals surface area contributed by atoms with Crippen molar-refractivity contribution in [2.75, 3.05) is 31.3 Å². The van der Waals surface area contributed by atoms with E-state index in [4.69, 9.17) is 9.47 Å². The van der Waals surface area contributed by atoms with Crippen molar-refractivity contribution < 1.29 is 27.5 Å². The number of anilines is 1. The van der Waals surface area contributed by atoms with Gasteiger partial charge in [-0.05, 0) is 56.0 Å². The molecule has 1 N–H and O–H groups in total. The quantitative estimate of drug-likeness (QED) is 0.362. The lowest BCUT2D eigenvalue weighted by atomic mass is 10.1. The molecule has 0 fully saturated rings. The standard InChI is InChI=1S/C28H41N3O6S/c1-7-21(3)29-28(33)26(8-2)30(20-22-12-9-14-24(18-22)36-4)27(32)16-11-17-31(38(6,34)35)23-13-10-15-25(19-23)37-5/h9-10,12-15,18-19,21,26H,7-8,11,16-17,20H2,1-6H3,(H,29,33)/t21-,26-/m1/s1. The average molecular weight is 548 g/mol. The number of ether oxygens (including phenoxy) is 2. The molecule has 0 aliphatic rings. The summed E-state index contributed by atoms with van der Waals surface area (Å²) >= 11 is 0. The van der Waals surface area contributed by atoms with E-state index in [1.807, 2.05) is 45.0 Å². The first kappa shape index (κ1) is 31.0. The molecular formula is C28H41N3O6S. The molecular weight excluding hydrogens is 506 g/mol. The summed E-state index contributed by atoms with van der Waals surface area (Å²) in [6.45, 7) is 6.13. The van der Waals surface area contributed by atoms with Crippen LogP contribution in [0.2, 0.25) is 0 Å². The predicted molar refractivity (Wildman–Crippen MR) is 150 cm³/mol. The molecule has 38 heavy (non-hydrogen) atoms. The average Bonchev–Trinajstić information content (AvgIpc) is 2.90. The highest BCUT2D eigenvalue weighted by Gasteiger charge is 2.29. The molecule has 0 aliphatic heterocycles. The maximum atomic E-state index is 13.6. The van der Waals surface area contributed by atoms with Crippen molar-refractivity contribution in [2.24, 2.45) is 0 Å². The molecule has 2 aromatic rings. The summed E-state index contributed by atoms with van der Waals surface area (Å²) in [5.74, 6) is 0.772. The van der Waals surface area contributed by atoms with Gasteiger partial charge in [-0.1, -0.05) is 32.0 Å². The number of benzene rings is 2. The molecule has 0 saturated heterocycles. The highest BCUT2D eigenvalue weighted by molar-refractivity contribution is 7.92. The first-order chi connectivity index (χ1) is 18.0. The van der Waals surface area contributed by atoms with E-state index in [9.17, 15) is 18.0 Å². The number of carbonyl (C=O) groups is 2. The van der Waals surface area contributed by atoms with E-state index in [0.717, 1.165) is 18.2 Å². The number of rotatable bonds is 15. The van der Waals surface area contributed by atoms with Crippen molar-refractivity contribution >= 4 is 27.5 Å². The lowest BCUT2D eigenvalue weighted by Crippen LogP contribution is -2.50. The second-order valence-corrected chi connectivity index (χ2v) is 11.2. The number of hydrogen-bond donors (Lipinski definition) is 1. The van der Waals surface area contributed by atoms with Crippen LogP contribution >= 0.6 is 0 Å². The van der Waals surface area contributed by atoms with E-state index < -0.39 is 16.1 Å². The van der Waals surface area contributed by atoms with Crippen LogP contribution in [0.3, 0.4) is 0 Å². The van der Waals surface area contributed by atoms with Gasteiger partial charge >= 0.3 is 0 Å². The van der Waals surface area contributed by atoms with Gasteiger partial charge in [0, 0.05) is 31.6 Å². The minimum Gasteiger partial charge on any atom is -0.497 e. The minimum absolute atomic E-state index is 0.0171. The molecule has 0 aromatic heterocycles. The number of methoxy groups -OCH3 is 2. The molecule has 0 unspecified atom stereocenters. The van der Waals surface area contributed by atoms with Crippen molar-refractivity contribution in [2.45, 2.75) is 65.1 Å². The van der Waals surface area contributed by atoms with Crippen molar-refractivity contribution in [1.82, 2.24) is 10.2 Å². The lowest BCUT2D eigenvalue weighted by molar-refractivity contribution is -0.141. The number of carbonyl (C=O) groups excluding carboxylic acids is 2. The molecule has 0 saturated carbocycles. The molecule has 10 heteroatoms. The van der Waals surface area contributed by atoms with Crippen LogP contribution in [-0.4, -0.2) is 64.2 Å². The van der Waals surface area contributed by atoms with Crippen LogP contribution < -0.4 is 19.1 Å². The molecule has 2 rings (SSSR count). The number of nitrogens with one attached hydrogen (secondary N) is 1. The molecule has 0 spiro atoms. The smallest absolute Gasteiger partial charge is 0.243 e. The Balaban J connectivity index is 2.25. The molecule has 0 radical (unpaired) electrons. The van der Waals surface area contributed by atoms with E-state index in [1.165, 1.54) is 11.4 Å². The van der Waals surface area contributed by atoms with Gasteiger partial charge in [-0.25, -0.2) is 8.42 Å². The van der Waals surface area contributed by atoms with E-state index in [0.29, 0.717) is 23.6 Å². The molecule has 0 heterocycles. The predicted octanol–water partition coefficient (Wildman–Crippen LogP) is 3.97. The largest absolute Gasteiger partial charge is 0.497 e. The van der Waals surface area contributed by atoms with Gasteiger partial charge in [0.05, 0.1) is 26.2 Å². The van der Waals surface area contributed by atoms with Crippen LogP contribution in [0.5, 0.6) is 11.5 Å². The molecule has 9 nitrogen and oxygen atoms in total. The van der Waals surface area contributed by atoms with Crippen LogP contribution in [-0.2, 0) is 26.2 Å². The molecule has 2 aromatic carbocycles. The molecule has 0 aliphatic carbocycles. The van der Waals surface area contributed by atoms with Crippen LogP contribution in [0, 0.1) is 0 Å². The zero-order chi connectivity index (χ0) is 28.3. The summed E-state index contributed by atoms with van der Waals surface area (Å²) in [5.41, 5.74) is 1.30. The van der Waals surface area contributed by atoms with Crippen LogP contribution in [0.4, 0.5) is 5.69 Å². The summed E-state index contributed by atoms with van der Waals surface area (Å²) in [7, 11) is -0.503. The van der Waals surface area contributed by atoms with Crippen molar-refractivity contribution in [3.05, 3.63) is 54.1 Å². The Morgan fingerprint density at radius 1 is 0.974 bits per heavy atom. The van der Waals surface area contributed by atoms with Crippen LogP contribution in [0.15, 0.2) is 48.5 Å². The first-order valence-corrected chi connectivity index (χ1v) is 14.7. The SMILES string of the molecule is CC[C@@H](C)NC(=O)[C@@H](CC)N(Cc1cccc(OC)c1)C(=O)CCCN(c1cccc(OC)c1)S(C)(=O)=O. The van der Waals surface area contributed by atoms with Gasteiger partial charge in [-0.15, -0.1) is 0 Å². The van der Waals surface area contributed by atoms with Gasteiger partial charge in [0.25, 0.3) is 0 Å². The van der Waals surface area contributed by atoms with Crippen molar-refractivity contribution in [3.8, 4) is 11.5 Å². The number of amides is 2. The Morgan fingerprint density at radius 3 is 2.18 bits per heavy atom. The third kappa shape index (κ3) is 8.93. The van der Waals surface area contributed by atoms with Crippen LogP contribution in [0.1, 0.15) is 52.0 Å². The van der Waals surface area contributed by atoms with E-state index in [1.54, 1.807) is 36.3 Å². The zero-order valence-electron chi connectivity index (χ0n) is 23.3. The topological polar surface area (TPSA) is 105 Å². The Bertz CT molecular complexity index is 1170. The van der Waals surface area contributed by atoms with Gasteiger partial charge in [0.1, 0.15) is 17.5 Å². The molecule has 210 valence electrons. The van der Waals surface area contributed by atoms with E-state index in [-0.39, 0.29) is 43.8 Å². The van der Waals surface area contributed by atoms with E-state index in [2.05, 4.69) is 5.32 Å².